The molecule has 5 nitrogen and oxygen atoms in total. The van der Waals surface area contributed by atoms with Gasteiger partial charge in [0.1, 0.15) is 0 Å². The van der Waals surface area contributed by atoms with Gasteiger partial charge in [0.05, 0.1) is 16.8 Å². The molecule has 0 radical (unpaired) electrons. The van der Waals surface area contributed by atoms with E-state index in [1.807, 2.05) is 48.5 Å². The van der Waals surface area contributed by atoms with E-state index in [1.54, 1.807) is 6.07 Å². The summed E-state index contributed by atoms with van der Waals surface area (Å²) >= 11 is 0. The second kappa shape index (κ2) is 11.9. The predicted octanol–water partition coefficient (Wildman–Crippen LogP) is 8.45. The summed E-state index contributed by atoms with van der Waals surface area (Å²) in [6.45, 7) is 19.7. The number of carbonyl (C=O) groups is 1. The molecule has 1 amide bonds. The molecular formula is C30H47BF3NO4. The summed E-state index contributed by atoms with van der Waals surface area (Å²) in [7, 11) is -1.19. The Morgan fingerprint density at radius 3 is 2.03 bits per heavy atom. The van der Waals surface area contributed by atoms with Crippen molar-refractivity contribution >= 4 is 13.2 Å². The van der Waals surface area contributed by atoms with E-state index >= 15 is 0 Å². The van der Waals surface area contributed by atoms with Crippen molar-refractivity contribution in [3.05, 3.63) is 47.0 Å². The van der Waals surface area contributed by atoms with Gasteiger partial charge in [-0.2, -0.15) is 13.2 Å². The Labute approximate surface area is 233 Å². The number of amides is 1. The highest BCUT2D eigenvalue weighted by atomic mass is 19.4. The highest BCUT2D eigenvalue weighted by molar-refractivity contribution is 6.49. The molecule has 0 aliphatic carbocycles. The number of ether oxygens (including phenoxy) is 1. The van der Waals surface area contributed by atoms with Crippen LogP contribution in [0, 0.1) is 17.3 Å². The number of hydrogen-bond donors (Lipinski definition) is 1. The minimum atomic E-state index is -4.60. The predicted molar refractivity (Wildman–Crippen MR) is 150 cm³/mol. The van der Waals surface area contributed by atoms with Crippen molar-refractivity contribution in [1.29, 1.82) is 0 Å². The zero-order valence-electron chi connectivity index (χ0n) is 25.3. The second-order valence-corrected chi connectivity index (χ2v) is 13.3. The summed E-state index contributed by atoms with van der Waals surface area (Å²) < 4.78 is 60.6. The van der Waals surface area contributed by atoms with Gasteiger partial charge >= 0.3 is 19.4 Å². The average Bonchev–Trinajstić information content (AvgIpc) is 2.98. The molecule has 1 heterocycles. The van der Waals surface area contributed by atoms with Gasteiger partial charge in [-0.15, -0.1) is 0 Å². The van der Waals surface area contributed by atoms with E-state index in [4.69, 9.17) is 19.8 Å². The molecule has 0 aromatic heterocycles. The van der Waals surface area contributed by atoms with E-state index in [9.17, 15) is 18.0 Å². The number of allylic oxidation sites excluding steroid dienone is 2. The Balaban J connectivity index is 2.75. The van der Waals surface area contributed by atoms with Crippen LogP contribution in [-0.4, -0.2) is 24.4 Å². The van der Waals surface area contributed by atoms with E-state index in [1.165, 1.54) is 11.6 Å². The second-order valence-electron chi connectivity index (χ2n) is 13.3. The van der Waals surface area contributed by atoms with Crippen molar-refractivity contribution in [3.8, 4) is 0 Å². The number of primary amides is 1. The lowest BCUT2D eigenvalue weighted by atomic mass is 9.50. The number of alkyl halides is 3. The van der Waals surface area contributed by atoms with Crippen molar-refractivity contribution in [3.63, 3.8) is 0 Å². The minimum absolute atomic E-state index is 0.145. The number of hydrogen-bond acceptors (Lipinski definition) is 4. The molecule has 3 atom stereocenters. The Kier molecular flexibility index (Phi) is 10.1. The van der Waals surface area contributed by atoms with Crippen molar-refractivity contribution < 1.29 is 32.0 Å². The fourth-order valence-corrected chi connectivity index (χ4v) is 5.35. The van der Waals surface area contributed by atoms with Crippen LogP contribution in [0.2, 0.25) is 0 Å². The largest absolute Gasteiger partial charge is 0.510 e. The standard InChI is InChI=1S/C30H47BF3NO4/c1-20(2)13-11-14-21(3)17-18-24(26(4,5)6)29(37-25(35)36,31-38-27(7,8)28(9,10)39-31)22-15-12-16-23(19-22)30(32,33)34/h12-13,15-16,19,21,24H,11,14,17-18H2,1-10H3,(H2,35,36)/t21-,24?,29-/m0/s1. The lowest BCUT2D eigenvalue weighted by Gasteiger charge is -2.47. The van der Waals surface area contributed by atoms with E-state index in [2.05, 4.69) is 26.8 Å². The number of benzene rings is 1. The molecule has 1 aromatic rings. The summed E-state index contributed by atoms with van der Waals surface area (Å²) in [5, 5.41) is 0. The van der Waals surface area contributed by atoms with Crippen molar-refractivity contribution in [1.82, 2.24) is 0 Å². The van der Waals surface area contributed by atoms with Gasteiger partial charge < -0.3 is 19.8 Å². The molecule has 9 heteroatoms. The van der Waals surface area contributed by atoms with Gasteiger partial charge in [-0.05, 0) is 89.8 Å². The Hall–Kier alpha value is -2.00. The molecule has 1 fully saturated rings. The zero-order valence-corrected chi connectivity index (χ0v) is 25.3. The van der Waals surface area contributed by atoms with Gasteiger partial charge in [0.15, 0.2) is 5.50 Å². The molecule has 2 rings (SSSR count). The van der Waals surface area contributed by atoms with Gasteiger partial charge in [-0.3, -0.25) is 0 Å². The van der Waals surface area contributed by atoms with Gasteiger partial charge in [-0.1, -0.05) is 57.9 Å². The molecule has 1 saturated heterocycles. The van der Waals surface area contributed by atoms with Crippen molar-refractivity contribution in [2.45, 2.75) is 118 Å². The fourth-order valence-electron chi connectivity index (χ4n) is 5.35. The lowest BCUT2D eigenvalue weighted by Crippen LogP contribution is -2.58. The van der Waals surface area contributed by atoms with E-state index in [0.717, 1.165) is 31.4 Å². The third-order valence-corrected chi connectivity index (χ3v) is 8.24. The Morgan fingerprint density at radius 2 is 1.56 bits per heavy atom. The lowest BCUT2D eigenvalue weighted by molar-refractivity contribution is -0.137. The zero-order chi connectivity index (χ0) is 30.0. The van der Waals surface area contributed by atoms with Crippen LogP contribution in [0.1, 0.15) is 106 Å². The number of rotatable bonds is 10. The first kappa shape index (κ1) is 33.2. The molecular weight excluding hydrogens is 506 g/mol. The minimum Gasteiger partial charge on any atom is -0.440 e. The van der Waals surface area contributed by atoms with Crippen LogP contribution < -0.4 is 5.73 Å². The first-order chi connectivity index (χ1) is 17.6. The molecule has 220 valence electrons. The Bertz CT molecular complexity index is 1010. The first-order valence-corrected chi connectivity index (χ1v) is 13.8. The van der Waals surface area contributed by atoms with Gasteiger partial charge in [0.2, 0.25) is 0 Å². The summed E-state index contributed by atoms with van der Waals surface area (Å²) in [4.78, 5) is 12.6. The third-order valence-electron chi connectivity index (χ3n) is 8.24. The Morgan fingerprint density at radius 1 is 1.03 bits per heavy atom. The van der Waals surface area contributed by atoms with E-state index in [-0.39, 0.29) is 5.56 Å². The maximum absolute atomic E-state index is 13.9. The summed E-state index contributed by atoms with van der Waals surface area (Å²) in [6.07, 6.45) is -0.281. The molecule has 0 saturated carbocycles. The normalized spacial score (nSPS) is 20.2. The number of halogens is 3. The van der Waals surface area contributed by atoms with E-state index < -0.39 is 53.0 Å². The fraction of sp³-hybridized carbons (Fsp3) is 0.700. The van der Waals surface area contributed by atoms with Crippen LogP contribution in [0.4, 0.5) is 18.0 Å². The van der Waals surface area contributed by atoms with Crippen molar-refractivity contribution in [2.75, 3.05) is 0 Å². The highest BCUT2D eigenvalue weighted by Gasteiger charge is 2.66. The maximum atomic E-state index is 13.9. The van der Waals surface area contributed by atoms with Crippen LogP contribution in [0.5, 0.6) is 0 Å². The smallest absolute Gasteiger partial charge is 0.440 e. The summed E-state index contributed by atoms with van der Waals surface area (Å²) in [6, 6.07) is 4.90. The topological polar surface area (TPSA) is 70.8 Å². The third kappa shape index (κ3) is 7.81. The van der Waals surface area contributed by atoms with Crippen LogP contribution >= 0.6 is 0 Å². The molecule has 0 bridgehead atoms. The highest BCUT2D eigenvalue weighted by Crippen LogP contribution is 2.53. The van der Waals surface area contributed by atoms with Crippen LogP contribution in [-0.2, 0) is 25.7 Å². The first-order valence-electron chi connectivity index (χ1n) is 13.8. The van der Waals surface area contributed by atoms with Gasteiger partial charge in [0, 0.05) is 5.92 Å². The number of carbonyl (C=O) groups excluding carboxylic acids is 1. The quantitative estimate of drug-likeness (QED) is 0.233. The van der Waals surface area contributed by atoms with Crippen LogP contribution in [0.25, 0.3) is 0 Å². The summed E-state index contributed by atoms with van der Waals surface area (Å²) in [5.74, 6) is -0.168. The van der Waals surface area contributed by atoms with Gasteiger partial charge in [0.25, 0.3) is 0 Å². The summed E-state index contributed by atoms with van der Waals surface area (Å²) in [5.41, 5.74) is 2.30. The number of nitrogens with two attached hydrogens (primary N) is 1. The molecule has 1 aliphatic rings. The SMILES string of the molecule is CC(C)=CCC[C@H](C)CCC(C(C)(C)C)[C@](OC(N)=O)(B1OC(C)(C)C(C)(C)O1)c1cccc(C(F)(F)F)c1. The van der Waals surface area contributed by atoms with Gasteiger partial charge in [-0.25, -0.2) is 4.79 Å². The van der Waals surface area contributed by atoms with E-state index in [0.29, 0.717) is 12.3 Å². The van der Waals surface area contributed by atoms with Crippen LogP contribution in [0.15, 0.2) is 35.9 Å². The molecule has 0 spiro atoms. The molecule has 1 aliphatic heterocycles. The monoisotopic (exact) mass is 553 g/mol. The molecule has 1 unspecified atom stereocenters. The van der Waals surface area contributed by atoms with Crippen molar-refractivity contribution in [2.24, 2.45) is 23.0 Å². The average molecular weight is 554 g/mol. The maximum Gasteiger partial charge on any atom is 0.510 e. The van der Waals surface area contributed by atoms with Crippen LogP contribution in [0.3, 0.4) is 0 Å². The molecule has 39 heavy (non-hydrogen) atoms. The molecule has 1 aromatic carbocycles. The molecule has 2 N–H and O–H groups in total.